The predicted octanol–water partition coefficient (Wildman–Crippen LogP) is 7.69. The van der Waals surface area contributed by atoms with E-state index in [-0.39, 0.29) is 45.2 Å². The van der Waals surface area contributed by atoms with Crippen LogP contribution < -0.4 is 5.32 Å². The molecular formula is C56H102N4O14. The molecule has 7 atom stereocenters. The number of aliphatic hydroxyl groups excluding tert-OH is 6. The molecule has 7 N–H and O–H groups in total. The van der Waals surface area contributed by atoms with Crippen LogP contribution in [0.5, 0.6) is 0 Å². The van der Waals surface area contributed by atoms with Crippen molar-refractivity contribution in [3.8, 4) is 0 Å². The summed E-state index contributed by atoms with van der Waals surface area (Å²) in [7, 11) is 1.39. The van der Waals surface area contributed by atoms with Crippen LogP contribution in [0.3, 0.4) is 0 Å². The molecule has 1 rings (SSSR count). The zero-order chi connectivity index (χ0) is 54.8. The lowest BCUT2D eigenvalue weighted by atomic mass is 9.66. The molecule has 0 aromatic heterocycles. The molecule has 7 unspecified atom stereocenters. The van der Waals surface area contributed by atoms with Gasteiger partial charge in [-0.15, -0.1) is 0 Å². The second-order valence-corrected chi connectivity index (χ2v) is 20.4. The van der Waals surface area contributed by atoms with Crippen molar-refractivity contribution < 1.29 is 68.8 Å². The Bertz CT molecular complexity index is 1540. The molecule has 0 heterocycles. The third kappa shape index (κ3) is 33.3. The van der Waals surface area contributed by atoms with Crippen molar-refractivity contribution >= 4 is 30.0 Å². The van der Waals surface area contributed by atoms with Crippen LogP contribution >= 0.6 is 0 Å². The number of nitrogens with one attached hydrogen (secondary N) is 1. The van der Waals surface area contributed by atoms with E-state index in [0.717, 1.165) is 61.2 Å². The third-order valence-corrected chi connectivity index (χ3v) is 13.8. The number of allylic oxidation sites excluding steroid dienone is 4. The van der Waals surface area contributed by atoms with Crippen LogP contribution in [0.4, 0.5) is 14.4 Å². The fraction of sp³-hybridized carbons (Fsp3) is 0.839. The first-order chi connectivity index (χ1) is 35.7. The van der Waals surface area contributed by atoms with E-state index in [1.807, 2.05) is 0 Å². The van der Waals surface area contributed by atoms with E-state index in [1.165, 1.54) is 102 Å². The number of nitrogens with zero attached hydrogens (tertiary/aromatic N) is 3. The fourth-order valence-electron chi connectivity index (χ4n) is 9.24. The van der Waals surface area contributed by atoms with E-state index in [4.69, 9.17) is 19.3 Å². The average Bonchev–Trinajstić information content (AvgIpc) is 3.39. The van der Waals surface area contributed by atoms with E-state index < -0.39 is 76.2 Å². The molecule has 0 aliphatic heterocycles. The molecule has 0 spiro atoms. The maximum Gasteiger partial charge on any atom is 0.409 e. The van der Waals surface area contributed by atoms with Gasteiger partial charge in [-0.3, -0.25) is 4.79 Å². The van der Waals surface area contributed by atoms with Gasteiger partial charge in [0.25, 0.3) is 0 Å². The largest absolute Gasteiger partial charge is 0.447 e. The summed E-state index contributed by atoms with van der Waals surface area (Å²) in [6.45, 7) is 2.37. The van der Waals surface area contributed by atoms with E-state index >= 15 is 0 Å². The Kier molecular flexibility index (Phi) is 40.9. The van der Waals surface area contributed by atoms with Crippen LogP contribution in [0, 0.1) is 23.7 Å². The van der Waals surface area contributed by atoms with Crippen molar-refractivity contribution in [2.24, 2.45) is 23.7 Å². The molecule has 1 aliphatic rings. The summed E-state index contributed by atoms with van der Waals surface area (Å²) in [6.07, 6.45) is 30.5. The van der Waals surface area contributed by atoms with Gasteiger partial charge < -0.3 is 69.7 Å². The number of Topliss-reactive ketones (excluding diaryl/α,β-unsaturated/α-hetero) is 1. The highest BCUT2D eigenvalue weighted by molar-refractivity contribution is 5.76. The van der Waals surface area contributed by atoms with E-state index in [9.17, 15) is 49.5 Å². The van der Waals surface area contributed by atoms with Crippen molar-refractivity contribution in [1.29, 1.82) is 0 Å². The molecule has 4 amide bonds. The van der Waals surface area contributed by atoms with Crippen LogP contribution in [-0.4, -0.2) is 180 Å². The van der Waals surface area contributed by atoms with Crippen molar-refractivity contribution in [3.05, 3.63) is 24.3 Å². The second kappa shape index (κ2) is 44.3. The van der Waals surface area contributed by atoms with Gasteiger partial charge in [-0.05, 0) is 75.5 Å². The standard InChI is InChI=1S/C56H102N4O14/c1-5-7-9-14-22-28-52-47(32-31-46(26-19-8-6-2)51(52)29-23-17-12-10-15-20-25-45(3)64)27-21-16-11-13-18-24-30-53(68)57-33-34-59(55(70)73-43-49(66)40-62)37-38-60(56(71)74-44-50(67)41-63)36-35-58(4)54(69)72-42-48(65)39-61/h22,28,31-32,46-52,61-63,65-67H,5-21,23-27,29-30,33-44H2,1-4H3,(H,57,68). The summed E-state index contributed by atoms with van der Waals surface area (Å²) < 4.78 is 15.3. The molecule has 0 bridgehead atoms. The van der Waals surface area contributed by atoms with Crippen LogP contribution in [0.25, 0.3) is 0 Å². The number of ether oxygens (including phenoxy) is 3. The molecule has 18 heteroatoms. The molecule has 18 nitrogen and oxygen atoms in total. The number of carbonyl (C=O) groups excluding carboxylic acids is 5. The summed E-state index contributed by atoms with van der Waals surface area (Å²) in [5.74, 6) is 2.58. The second-order valence-electron chi connectivity index (χ2n) is 20.4. The lowest BCUT2D eigenvalue weighted by Crippen LogP contribution is -2.47. The molecule has 430 valence electrons. The Morgan fingerprint density at radius 1 is 0.554 bits per heavy atom. The zero-order valence-corrected chi connectivity index (χ0v) is 46.1. The van der Waals surface area contributed by atoms with E-state index in [2.05, 4.69) is 43.5 Å². The number of rotatable bonds is 45. The highest BCUT2D eigenvalue weighted by Crippen LogP contribution is 2.43. The topological polar surface area (TPSA) is 256 Å². The highest BCUT2D eigenvalue weighted by Gasteiger charge is 2.34. The smallest absolute Gasteiger partial charge is 0.409 e. The summed E-state index contributed by atoms with van der Waals surface area (Å²) in [4.78, 5) is 66.3. The first-order valence-electron chi connectivity index (χ1n) is 28.4. The van der Waals surface area contributed by atoms with Crippen molar-refractivity contribution in [2.75, 3.05) is 86.0 Å². The van der Waals surface area contributed by atoms with Gasteiger partial charge in [-0.25, -0.2) is 14.4 Å². The highest BCUT2D eigenvalue weighted by atomic mass is 16.6. The average molecular weight is 1060 g/mol. The fourth-order valence-corrected chi connectivity index (χ4v) is 9.24. The maximum atomic E-state index is 13.1. The number of amides is 4. The van der Waals surface area contributed by atoms with Crippen molar-refractivity contribution in [1.82, 2.24) is 20.0 Å². The molecule has 0 radical (unpaired) electrons. The van der Waals surface area contributed by atoms with Gasteiger partial charge in [0.1, 0.15) is 43.9 Å². The quantitative estimate of drug-likeness (QED) is 0.0175. The number of hydrogen-bond donors (Lipinski definition) is 7. The van der Waals surface area contributed by atoms with E-state index in [1.54, 1.807) is 6.92 Å². The Hall–Kier alpha value is -3.81. The Morgan fingerprint density at radius 3 is 1.55 bits per heavy atom. The molecule has 0 aromatic carbocycles. The number of carbonyl (C=O) groups is 5. The molecule has 0 aromatic rings. The normalized spacial score (nSPS) is 17.6. The lowest BCUT2D eigenvalue weighted by Gasteiger charge is -2.39. The van der Waals surface area contributed by atoms with Gasteiger partial charge in [0.2, 0.25) is 5.91 Å². The summed E-state index contributed by atoms with van der Waals surface area (Å²) in [6, 6.07) is 0. The summed E-state index contributed by atoms with van der Waals surface area (Å²) in [5, 5.41) is 59.3. The monoisotopic (exact) mass is 1050 g/mol. The Morgan fingerprint density at radius 2 is 1.00 bits per heavy atom. The van der Waals surface area contributed by atoms with Gasteiger partial charge in [0.05, 0.1) is 19.8 Å². The minimum absolute atomic E-state index is 0.0265. The Labute approximate surface area is 444 Å². The number of likely N-dealkylation sites (N-methyl/N-ethyl adjacent to an activating group) is 1. The molecular weight excluding hydrogens is 953 g/mol. The molecule has 74 heavy (non-hydrogen) atoms. The lowest BCUT2D eigenvalue weighted by molar-refractivity contribution is -0.121. The van der Waals surface area contributed by atoms with Gasteiger partial charge in [-0.2, -0.15) is 0 Å². The predicted molar refractivity (Wildman–Crippen MR) is 287 cm³/mol. The van der Waals surface area contributed by atoms with Crippen LogP contribution in [0.1, 0.15) is 175 Å². The minimum Gasteiger partial charge on any atom is -0.447 e. The zero-order valence-electron chi connectivity index (χ0n) is 46.1. The van der Waals surface area contributed by atoms with Crippen molar-refractivity contribution in [3.63, 3.8) is 0 Å². The number of aliphatic hydroxyl groups is 6. The van der Waals surface area contributed by atoms with Crippen LogP contribution in [0.15, 0.2) is 24.3 Å². The molecule has 0 saturated carbocycles. The van der Waals surface area contributed by atoms with Crippen LogP contribution in [0.2, 0.25) is 0 Å². The molecule has 1 aliphatic carbocycles. The minimum atomic E-state index is -1.34. The number of hydrogen-bond acceptors (Lipinski definition) is 14. The first kappa shape index (κ1) is 68.2. The van der Waals surface area contributed by atoms with E-state index in [0.29, 0.717) is 42.3 Å². The number of ketones is 1. The molecule has 0 saturated heterocycles. The maximum absolute atomic E-state index is 13.1. The first-order valence-corrected chi connectivity index (χ1v) is 28.4. The summed E-state index contributed by atoms with van der Waals surface area (Å²) in [5.41, 5.74) is 0. The number of unbranched alkanes of at least 4 members (excludes halogenated alkanes) is 15. The van der Waals surface area contributed by atoms with Crippen molar-refractivity contribution in [2.45, 2.75) is 193 Å². The van der Waals surface area contributed by atoms with Gasteiger partial charge >= 0.3 is 18.3 Å². The van der Waals surface area contributed by atoms with Gasteiger partial charge in [0, 0.05) is 59.2 Å². The third-order valence-electron chi connectivity index (χ3n) is 13.8. The van der Waals surface area contributed by atoms with Gasteiger partial charge in [-0.1, -0.05) is 134 Å². The van der Waals surface area contributed by atoms with Gasteiger partial charge in [0.15, 0.2) is 0 Å². The summed E-state index contributed by atoms with van der Waals surface area (Å²) >= 11 is 0. The SMILES string of the molecule is CCCCCC=CC1C(CCCCCCCCC(=O)NCCN(CCN(CCN(C)C(=O)OCC(O)CO)C(=O)OCC(O)CO)C(=O)OCC(O)CO)C=CC(CCCCC)C1CCCCCCCCC(C)=O. The Balaban J connectivity index is 2.78. The van der Waals surface area contributed by atoms with Crippen LogP contribution in [-0.2, 0) is 23.8 Å². The molecule has 0 fully saturated rings.